The summed E-state index contributed by atoms with van der Waals surface area (Å²) >= 11 is 0. The van der Waals surface area contributed by atoms with Crippen molar-refractivity contribution in [3.05, 3.63) is 42.1 Å². The maximum absolute atomic E-state index is 5.95. The van der Waals surface area contributed by atoms with E-state index in [1.165, 1.54) is 10.9 Å². The standard InChI is InChI=1S/C17H25N3/c1-4-11-20(17(2,3)13-18)12-15-8-5-7-14-9-6-10-19-16(14)15/h5-10H,4,11-13,18H2,1-3H3. The SMILES string of the molecule is CCCN(Cc1cccc2cccnc12)C(C)(C)CN. The third-order valence-electron chi connectivity index (χ3n) is 3.93. The molecule has 20 heavy (non-hydrogen) atoms. The summed E-state index contributed by atoms with van der Waals surface area (Å²) < 4.78 is 0. The van der Waals surface area contributed by atoms with Crippen LogP contribution in [-0.2, 0) is 6.54 Å². The lowest BCUT2D eigenvalue weighted by molar-refractivity contribution is 0.118. The Labute approximate surface area is 121 Å². The van der Waals surface area contributed by atoms with Crippen molar-refractivity contribution in [1.29, 1.82) is 0 Å². The van der Waals surface area contributed by atoms with Gasteiger partial charge in [-0.3, -0.25) is 9.88 Å². The molecule has 0 unspecified atom stereocenters. The van der Waals surface area contributed by atoms with Crippen molar-refractivity contribution in [3.8, 4) is 0 Å². The lowest BCUT2D eigenvalue weighted by Gasteiger charge is -2.37. The number of nitrogens with two attached hydrogens (primary N) is 1. The molecule has 0 bridgehead atoms. The average molecular weight is 271 g/mol. The summed E-state index contributed by atoms with van der Waals surface area (Å²) in [5, 5.41) is 1.20. The first-order chi connectivity index (χ1) is 9.58. The molecule has 108 valence electrons. The van der Waals surface area contributed by atoms with E-state index in [1.807, 2.05) is 12.3 Å². The number of hydrogen-bond donors (Lipinski definition) is 1. The fourth-order valence-electron chi connectivity index (χ4n) is 2.50. The Hall–Kier alpha value is -1.45. The van der Waals surface area contributed by atoms with Crippen LogP contribution in [-0.4, -0.2) is 28.5 Å². The molecule has 0 spiro atoms. The largest absolute Gasteiger partial charge is 0.329 e. The first-order valence-corrected chi connectivity index (χ1v) is 7.36. The molecule has 0 radical (unpaired) electrons. The van der Waals surface area contributed by atoms with E-state index >= 15 is 0 Å². The van der Waals surface area contributed by atoms with Gasteiger partial charge in [0.05, 0.1) is 5.52 Å². The second kappa shape index (κ2) is 6.33. The minimum Gasteiger partial charge on any atom is -0.329 e. The van der Waals surface area contributed by atoms with Crippen molar-refractivity contribution in [2.75, 3.05) is 13.1 Å². The Kier molecular flexibility index (Phi) is 4.73. The lowest BCUT2D eigenvalue weighted by Crippen LogP contribution is -2.49. The van der Waals surface area contributed by atoms with Crippen LogP contribution in [0.2, 0.25) is 0 Å². The molecule has 2 rings (SSSR count). The molecule has 2 aromatic rings. The lowest BCUT2D eigenvalue weighted by atomic mass is 10.0. The minimum atomic E-state index is 0.00690. The third-order valence-corrected chi connectivity index (χ3v) is 3.93. The van der Waals surface area contributed by atoms with E-state index in [0.29, 0.717) is 6.54 Å². The smallest absolute Gasteiger partial charge is 0.0746 e. The zero-order valence-corrected chi connectivity index (χ0v) is 12.8. The first-order valence-electron chi connectivity index (χ1n) is 7.36. The van der Waals surface area contributed by atoms with Crippen molar-refractivity contribution in [3.63, 3.8) is 0 Å². The van der Waals surface area contributed by atoms with Gasteiger partial charge in [-0.1, -0.05) is 31.2 Å². The summed E-state index contributed by atoms with van der Waals surface area (Å²) in [7, 11) is 0. The van der Waals surface area contributed by atoms with E-state index in [-0.39, 0.29) is 5.54 Å². The predicted molar refractivity (Wildman–Crippen MR) is 85.6 cm³/mol. The van der Waals surface area contributed by atoms with E-state index in [1.54, 1.807) is 0 Å². The monoisotopic (exact) mass is 271 g/mol. The summed E-state index contributed by atoms with van der Waals surface area (Å²) in [4.78, 5) is 7.00. The fraction of sp³-hybridized carbons (Fsp3) is 0.471. The van der Waals surface area contributed by atoms with Gasteiger partial charge in [0, 0.05) is 30.2 Å². The highest BCUT2D eigenvalue weighted by atomic mass is 15.2. The van der Waals surface area contributed by atoms with Crippen LogP contribution in [0.3, 0.4) is 0 Å². The normalized spacial score (nSPS) is 12.2. The van der Waals surface area contributed by atoms with Gasteiger partial charge in [-0.05, 0) is 38.4 Å². The van der Waals surface area contributed by atoms with Gasteiger partial charge in [-0.15, -0.1) is 0 Å². The predicted octanol–water partition coefficient (Wildman–Crippen LogP) is 3.18. The summed E-state index contributed by atoms with van der Waals surface area (Å²) in [5.41, 5.74) is 8.33. The molecular weight excluding hydrogens is 246 g/mol. The van der Waals surface area contributed by atoms with Gasteiger partial charge < -0.3 is 5.73 Å². The Morgan fingerprint density at radius 3 is 2.65 bits per heavy atom. The summed E-state index contributed by atoms with van der Waals surface area (Å²) in [6.07, 6.45) is 2.99. The minimum absolute atomic E-state index is 0.00690. The van der Waals surface area contributed by atoms with Crippen molar-refractivity contribution in [2.45, 2.75) is 39.3 Å². The van der Waals surface area contributed by atoms with Crippen LogP contribution in [0.1, 0.15) is 32.8 Å². The summed E-state index contributed by atoms with van der Waals surface area (Å²) in [5.74, 6) is 0. The Morgan fingerprint density at radius 2 is 1.95 bits per heavy atom. The van der Waals surface area contributed by atoms with Crippen molar-refractivity contribution in [2.24, 2.45) is 5.73 Å². The van der Waals surface area contributed by atoms with Gasteiger partial charge in [0.25, 0.3) is 0 Å². The van der Waals surface area contributed by atoms with E-state index in [4.69, 9.17) is 5.73 Å². The van der Waals surface area contributed by atoms with Crippen LogP contribution >= 0.6 is 0 Å². The van der Waals surface area contributed by atoms with Crippen molar-refractivity contribution in [1.82, 2.24) is 9.88 Å². The maximum Gasteiger partial charge on any atom is 0.0746 e. The third kappa shape index (κ3) is 3.17. The topological polar surface area (TPSA) is 42.2 Å². The van der Waals surface area contributed by atoms with Gasteiger partial charge in [-0.25, -0.2) is 0 Å². The molecule has 0 fully saturated rings. The Bertz CT molecular complexity index is 558. The second-order valence-electron chi connectivity index (χ2n) is 5.93. The molecule has 0 atom stereocenters. The van der Waals surface area contributed by atoms with E-state index in [0.717, 1.165) is 25.0 Å². The second-order valence-corrected chi connectivity index (χ2v) is 5.93. The van der Waals surface area contributed by atoms with Crippen LogP contribution in [0.5, 0.6) is 0 Å². The quantitative estimate of drug-likeness (QED) is 0.877. The average Bonchev–Trinajstić information content (AvgIpc) is 2.47. The van der Waals surface area contributed by atoms with Crippen LogP contribution in [0.4, 0.5) is 0 Å². The Balaban J connectivity index is 2.33. The van der Waals surface area contributed by atoms with Crippen LogP contribution in [0.15, 0.2) is 36.5 Å². The number of aromatic nitrogens is 1. The molecule has 0 aliphatic rings. The van der Waals surface area contributed by atoms with E-state index < -0.39 is 0 Å². The Morgan fingerprint density at radius 1 is 1.20 bits per heavy atom. The number of benzene rings is 1. The molecule has 3 heteroatoms. The van der Waals surface area contributed by atoms with Gasteiger partial charge in [0.1, 0.15) is 0 Å². The summed E-state index contributed by atoms with van der Waals surface area (Å²) in [6.45, 7) is 9.23. The molecule has 1 heterocycles. The zero-order valence-electron chi connectivity index (χ0n) is 12.8. The number of para-hydroxylation sites is 1. The van der Waals surface area contributed by atoms with E-state index in [9.17, 15) is 0 Å². The van der Waals surface area contributed by atoms with Crippen molar-refractivity contribution < 1.29 is 0 Å². The van der Waals surface area contributed by atoms with Crippen LogP contribution in [0.25, 0.3) is 10.9 Å². The number of nitrogens with zero attached hydrogens (tertiary/aromatic N) is 2. The highest BCUT2D eigenvalue weighted by Crippen LogP contribution is 2.22. The van der Waals surface area contributed by atoms with Crippen LogP contribution in [0, 0.1) is 0 Å². The number of pyridine rings is 1. The van der Waals surface area contributed by atoms with Gasteiger partial charge in [0.15, 0.2) is 0 Å². The molecule has 3 nitrogen and oxygen atoms in total. The highest BCUT2D eigenvalue weighted by molar-refractivity contribution is 5.81. The van der Waals surface area contributed by atoms with Gasteiger partial charge in [-0.2, -0.15) is 0 Å². The molecule has 0 saturated carbocycles. The summed E-state index contributed by atoms with van der Waals surface area (Å²) in [6, 6.07) is 10.5. The van der Waals surface area contributed by atoms with Gasteiger partial charge in [0.2, 0.25) is 0 Å². The van der Waals surface area contributed by atoms with Crippen LogP contribution < -0.4 is 5.73 Å². The molecule has 0 saturated heterocycles. The van der Waals surface area contributed by atoms with Crippen molar-refractivity contribution >= 4 is 10.9 Å². The van der Waals surface area contributed by atoms with Gasteiger partial charge >= 0.3 is 0 Å². The molecule has 0 amide bonds. The molecule has 2 N–H and O–H groups in total. The number of hydrogen-bond acceptors (Lipinski definition) is 3. The molecule has 0 aliphatic heterocycles. The zero-order chi connectivity index (χ0) is 14.6. The molecular formula is C17H25N3. The fourth-order valence-corrected chi connectivity index (χ4v) is 2.50. The number of fused-ring (bicyclic) bond motifs is 1. The number of rotatable bonds is 6. The molecule has 0 aliphatic carbocycles. The molecule has 1 aromatic carbocycles. The first kappa shape index (κ1) is 14.9. The van der Waals surface area contributed by atoms with E-state index in [2.05, 4.69) is 54.9 Å². The molecule has 1 aromatic heterocycles. The highest BCUT2D eigenvalue weighted by Gasteiger charge is 2.24. The maximum atomic E-state index is 5.95.